The number of anilines is 2. The maximum Gasteiger partial charge on any atom is 0.148 e. The Hall–Kier alpha value is -1.40. The fourth-order valence-corrected chi connectivity index (χ4v) is 2.35. The van der Waals surface area contributed by atoms with E-state index in [0.29, 0.717) is 5.82 Å². The lowest BCUT2D eigenvalue weighted by molar-refractivity contribution is 0.239. The van der Waals surface area contributed by atoms with Gasteiger partial charge in [0, 0.05) is 12.1 Å². The molecule has 1 fully saturated rings. The summed E-state index contributed by atoms with van der Waals surface area (Å²) in [5, 5.41) is 9.41. The molecule has 0 saturated carbocycles. The number of rotatable bonds is 3. The fraction of sp³-hybridized carbons (Fsp3) is 0.636. The Morgan fingerprint density at radius 1 is 1.53 bits per heavy atom. The number of hydrazine groups is 1. The number of nitrogens with zero attached hydrogens (tertiary/aromatic N) is 3. The van der Waals surface area contributed by atoms with E-state index in [1.807, 2.05) is 6.92 Å². The molecular weight excluding hydrogens is 218 g/mol. The number of nitrogens with one attached hydrogen (secondary N) is 1. The summed E-state index contributed by atoms with van der Waals surface area (Å²) in [7, 11) is 0. The fourth-order valence-electron chi connectivity index (χ4n) is 2.35. The summed E-state index contributed by atoms with van der Waals surface area (Å²) in [4.78, 5) is 10.5. The number of aromatic nitrogens is 2. The topological polar surface area (TPSA) is 87.3 Å². The third-order valence-electron chi connectivity index (χ3n) is 3.30. The van der Waals surface area contributed by atoms with Gasteiger partial charge < -0.3 is 15.4 Å². The molecule has 2 rings (SSSR count). The van der Waals surface area contributed by atoms with E-state index in [4.69, 9.17) is 5.84 Å². The van der Waals surface area contributed by atoms with Crippen LogP contribution in [0.1, 0.15) is 24.8 Å². The molecule has 0 amide bonds. The van der Waals surface area contributed by atoms with Crippen molar-refractivity contribution in [2.75, 3.05) is 23.5 Å². The minimum absolute atomic E-state index is 0.156. The van der Waals surface area contributed by atoms with E-state index in [-0.39, 0.29) is 12.6 Å². The van der Waals surface area contributed by atoms with Crippen molar-refractivity contribution >= 4 is 11.6 Å². The van der Waals surface area contributed by atoms with E-state index in [1.54, 1.807) is 0 Å². The maximum atomic E-state index is 9.41. The molecule has 1 aliphatic heterocycles. The van der Waals surface area contributed by atoms with Gasteiger partial charge in [0.25, 0.3) is 0 Å². The van der Waals surface area contributed by atoms with Crippen LogP contribution in [0.3, 0.4) is 0 Å². The summed E-state index contributed by atoms with van der Waals surface area (Å²) >= 11 is 0. The predicted octanol–water partition coefficient (Wildman–Crippen LogP) is 0.422. The molecule has 17 heavy (non-hydrogen) atoms. The molecule has 6 heteroatoms. The quantitative estimate of drug-likeness (QED) is 0.522. The summed E-state index contributed by atoms with van der Waals surface area (Å²) < 4.78 is 0. The predicted molar refractivity (Wildman–Crippen MR) is 66.6 cm³/mol. The molecule has 0 spiro atoms. The van der Waals surface area contributed by atoms with Crippen LogP contribution in [0.15, 0.2) is 6.33 Å². The molecule has 0 radical (unpaired) electrons. The van der Waals surface area contributed by atoms with Gasteiger partial charge in [-0.1, -0.05) is 0 Å². The normalized spacial score (nSPS) is 20.4. The summed E-state index contributed by atoms with van der Waals surface area (Å²) in [6.07, 6.45) is 4.80. The number of hydrogen-bond acceptors (Lipinski definition) is 6. The van der Waals surface area contributed by atoms with Crippen molar-refractivity contribution in [3.05, 3.63) is 11.9 Å². The Bertz CT molecular complexity index is 384. The van der Waals surface area contributed by atoms with E-state index in [0.717, 1.165) is 37.2 Å². The zero-order valence-corrected chi connectivity index (χ0v) is 10.1. The molecule has 94 valence electrons. The molecule has 1 unspecified atom stereocenters. The highest BCUT2D eigenvalue weighted by atomic mass is 16.3. The zero-order valence-electron chi connectivity index (χ0n) is 10.1. The highest BCUT2D eigenvalue weighted by Crippen LogP contribution is 2.27. The first-order valence-corrected chi connectivity index (χ1v) is 5.93. The highest BCUT2D eigenvalue weighted by Gasteiger charge is 2.24. The Labute approximate surface area is 101 Å². The monoisotopic (exact) mass is 237 g/mol. The van der Waals surface area contributed by atoms with E-state index in [1.165, 1.54) is 6.33 Å². The molecule has 1 aliphatic rings. The van der Waals surface area contributed by atoms with Crippen LogP contribution in [0.5, 0.6) is 0 Å². The number of aliphatic hydroxyl groups is 1. The minimum Gasteiger partial charge on any atom is -0.394 e. The molecule has 1 aromatic rings. The molecule has 6 nitrogen and oxygen atoms in total. The van der Waals surface area contributed by atoms with Crippen LogP contribution in [0.2, 0.25) is 0 Å². The van der Waals surface area contributed by atoms with Gasteiger partial charge >= 0.3 is 0 Å². The summed E-state index contributed by atoms with van der Waals surface area (Å²) in [5.41, 5.74) is 3.49. The Morgan fingerprint density at radius 2 is 2.35 bits per heavy atom. The lowest BCUT2D eigenvalue weighted by atomic mass is 10.0. The summed E-state index contributed by atoms with van der Waals surface area (Å²) in [6, 6.07) is 0.156. The Morgan fingerprint density at radius 3 is 3.06 bits per heavy atom. The molecule has 4 N–H and O–H groups in total. The average molecular weight is 237 g/mol. The van der Waals surface area contributed by atoms with Crippen molar-refractivity contribution in [3.8, 4) is 0 Å². The second-order valence-corrected chi connectivity index (χ2v) is 4.34. The smallest absolute Gasteiger partial charge is 0.148 e. The molecule has 1 atom stereocenters. The standard InChI is InChI=1S/C11H19N5O/c1-8-10(15-12)13-7-14-11(8)16-5-3-2-4-9(16)6-17/h7,9,17H,2-6,12H2,1H3,(H,13,14,15). The Kier molecular flexibility index (Phi) is 3.75. The summed E-state index contributed by atoms with van der Waals surface area (Å²) in [6.45, 7) is 3.02. The molecular formula is C11H19N5O. The van der Waals surface area contributed by atoms with Gasteiger partial charge in [-0.05, 0) is 26.2 Å². The van der Waals surface area contributed by atoms with Crippen LogP contribution in [0.4, 0.5) is 11.6 Å². The van der Waals surface area contributed by atoms with Gasteiger partial charge in [-0.15, -0.1) is 0 Å². The maximum absolute atomic E-state index is 9.41. The van der Waals surface area contributed by atoms with E-state index >= 15 is 0 Å². The number of nitrogens with two attached hydrogens (primary N) is 1. The van der Waals surface area contributed by atoms with Gasteiger partial charge in [-0.25, -0.2) is 15.8 Å². The number of nitrogen functional groups attached to an aromatic ring is 1. The Balaban J connectivity index is 2.31. The molecule has 1 saturated heterocycles. The van der Waals surface area contributed by atoms with Crippen LogP contribution < -0.4 is 16.2 Å². The van der Waals surface area contributed by atoms with Gasteiger partial charge in [0.1, 0.15) is 18.0 Å². The van der Waals surface area contributed by atoms with Crippen LogP contribution in [-0.2, 0) is 0 Å². The molecule has 0 bridgehead atoms. The van der Waals surface area contributed by atoms with E-state index < -0.39 is 0 Å². The first kappa shape index (κ1) is 12.1. The first-order valence-electron chi connectivity index (χ1n) is 5.93. The third-order valence-corrected chi connectivity index (χ3v) is 3.30. The van der Waals surface area contributed by atoms with Crippen LogP contribution in [0.25, 0.3) is 0 Å². The van der Waals surface area contributed by atoms with Gasteiger partial charge in [-0.3, -0.25) is 0 Å². The average Bonchev–Trinajstić information content (AvgIpc) is 2.39. The van der Waals surface area contributed by atoms with Gasteiger partial charge in [0.15, 0.2) is 0 Å². The van der Waals surface area contributed by atoms with Crippen LogP contribution >= 0.6 is 0 Å². The van der Waals surface area contributed by atoms with Crippen molar-refractivity contribution in [1.82, 2.24) is 9.97 Å². The van der Waals surface area contributed by atoms with Gasteiger partial charge in [0.05, 0.1) is 12.6 Å². The third kappa shape index (κ3) is 2.32. The largest absolute Gasteiger partial charge is 0.394 e. The molecule has 1 aromatic heterocycles. The van der Waals surface area contributed by atoms with Gasteiger partial charge in [-0.2, -0.15) is 0 Å². The van der Waals surface area contributed by atoms with Crippen molar-refractivity contribution in [2.45, 2.75) is 32.2 Å². The van der Waals surface area contributed by atoms with Crippen molar-refractivity contribution < 1.29 is 5.11 Å². The second-order valence-electron chi connectivity index (χ2n) is 4.34. The van der Waals surface area contributed by atoms with E-state index in [2.05, 4.69) is 20.3 Å². The lowest BCUT2D eigenvalue weighted by Crippen LogP contribution is -2.42. The van der Waals surface area contributed by atoms with Crippen molar-refractivity contribution in [3.63, 3.8) is 0 Å². The van der Waals surface area contributed by atoms with Crippen molar-refractivity contribution in [2.24, 2.45) is 5.84 Å². The zero-order chi connectivity index (χ0) is 12.3. The number of aliphatic hydroxyl groups excluding tert-OH is 1. The lowest BCUT2D eigenvalue weighted by Gasteiger charge is -2.36. The minimum atomic E-state index is 0.156. The summed E-state index contributed by atoms with van der Waals surface area (Å²) in [5.74, 6) is 6.91. The first-order chi connectivity index (χ1) is 8.27. The van der Waals surface area contributed by atoms with E-state index in [9.17, 15) is 5.11 Å². The molecule has 2 heterocycles. The van der Waals surface area contributed by atoms with Crippen LogP contribution in [-0.4, -0.2) is 34.3 Å². The highest BCUT2D eigenvalue weighted by molar-refractivity contribution is 5.58. The second kappa shape index (κ2) is 5.29. The van der Waals surface area contributed by atoms with Gasteiger partial charge in [0.2, 0.25) is 0 Å². The van der Waals surface area contributed by atoms with Crippen molar-refractivity contribution in [1.29, 1.82) is 0 Å². The molecule has 0 aliphatic carbocycles. The number of hydrogen-bond donors (Lipinski definition) is 3. The molecule has 0 aromatic carbocycles. The SMILES string of the molecule is Cc1c(NN)ncnc1N1CCCCC1CO. The van der Waals surface area contributed by atoms with Crippen LogP contribution in [0, 0.1) is 6.92 Å². The number of piperidine rings is 1.